The number of nitrogens with one attached hydrogen (secondary N) is 1. The van der Waals surface area contributed by atoms with Crippen molar-refractivity contribution in [1.82, 2.24) is 9.21 Å². The van der Waals surface area contributed by atoms with Crippen LogP contribution < -0.4 is 11.1 Å². The van der Waals surface area contributed by atoms with E-state index in [9.17, 15) is 18.0 Å². The normalized spacial score (nSPS) is 17.3. The smallest absolute Gasteiger partial charge is 0.256 e. The minimum Gasteiger partial charge on any atom is -0.377 e. The van der Waals surface area contributed by atoms with Crippen LogP contribution in [-0.4, -0.2) is 62.3 Å². The van der Waals surface area contributed by atoms with Crippen molar-refractivity contribution in [3.8, 4) is 0 Å². The predicted octanol–water partition coefficient (Wildman–Crippen LogP) is 3.88. The summed E-state index contributed by atoms with van der Waals surface area (Å²) >= 11 is 1.37. The molecule has 1 unspecified atom stereocenters. The fourth-order valence-corrected chi connectivity index (χ4v) is 7.58. The Bertz CT molecular complexity index is 1460. The first kappa shape index (κ1) is 30.2. The van der Waals surface area contributed by atoms with E-state index in [-0.39, 0.29) is 35.5 Å². The fourth-order valence-electron chi connectivity index (χ4n) is 5.09. The first-order valence-electron chi connectivity index (χ1n) is 12.9. The second kappa shape index (κ2) is 12.8. The van der Waals surface area contributed by atoms with Crippen LogP contribution in [0, 0.1) is 0 Å². The van der Waals surface area contributed by atoms with Gasteiger partial charge in [-0.25, -0.2) is 8.42 Å². The molecule has 9 nitrogen and oxygen atoms in total. The van der Waals surface area contributed by atoms with Gasteiger partial charge in [0.15, 0.2) is 0 Å². The molecule has 2 aliphatic rings. The quantitative estimate of drug-likeness (QED) is 0.382. The molecule has 2 amide bonds. The summed E-state index contributed by atoms with van der Waals surface area (Å²) in [6, 6.07) is 16.0. The lowest BCUT2D eigenvalue weighted by molar-refractivity contribution is 0.0978. The largest absolute Gasteiger partial charge is 0.377 e. The van der Waals surface area contributed by atoms with Crippen molar-refractivity contribution in [3.63, 3.8) is 0 Å². The number of likely N-dealkylation sites (N-methyl/N-ethyl adjacent to an activating group) is 1. The third-order valence-electron chi connectivity index (χ3n) is 7.17. The van der Waals surface area contributed by atoms with Crippen molar-refractivity contribution >= 4 is 50.6 Å². The molecule has 1 atom stereocenters. The molecule has 40 heavy (non-hydrogen) atoms. The first-order chi connectivity index (χ1) is 18.7. The summed E-state index contributed by atoms with van der Waals surface area (Å²) < 4.78 is 32.8. The number of carbonyl (C=O) groups excluding carboxylic acids is 2. The van der Waals surface area contributed by atoms with Crippen LogP contribution in [0.4, 0.5) is 5.00 Å². The molecule has 0 bridgehead atoms. The van der Waals surface area contributed by atoms with Gasteiger partial charge in [0.05, 0.1) is 16.6 Å². The van der Waals surface area contributed by atoms with E-state index in [1.807, 2.05) is 18.2 Å². The number of carbonyl (C=O) groups is 2. The number of hydrogen-bond donors (Lipinski definition) is 2. The van der Waals surface area contributed by atoms with E-state index in [1.165, 1.54) is 52.5 Å². The van der Waals surface area contributed by atoms with E-state index >= 15 is 0 Å². The first-order valence-corrected chi connectivity index (χ1v) is 15.2. The van der Waals surface area contributed by atoms with Crippen LogP contribution in [-0.2, 0) is 34.3 Å². The second-order valence-electron chi connectivity index (χ2n) is 9.92. The van der Waals surface area contributed by atoms with Gasteiger partial charge in [-0.05, 0) is 54.7 Å². The number of halogens is 1. The number of benzene rings is 2. The van der Waals surface area contributed by atoms with Gasteiger partial charge in [0.25, 0.3) is 11.8 Å². The lowest BCUT2D eigenvalue weighted by Gasteiger charge is -2.27. The third-order valence-corrected chi connectivity index (χ3v) is 10.1. The Hall–Kier alpha value is -2.80. The minimum atomic E-state index is -3.72. The van der Waals surface area contributed by atoms with Gasteiger partial charge < -0.3 is 15.8 Å². The number of anilines is 1. The molecule has 3 heterocycles. The number of thiophene rings is 1. The molecule has 12 heteroatoms. The molecular formula is C28H33ClN4O5S2. The summed E-state index contributed by atoms with van der Waals surface area (Å²) in [5.41, 5.74) is 8.48. The van der Waals surface area contributed by atoms with Crippen LogP contribution in [0.25, 0.3) is 0 Å². The highest BCUT2D eigenvalue weighted by Crippen LogP contribution is 2.37. The highest BCUT2D eigenvalue weighted by Gasteiger charge is 2.29. The number of fused-ring (bicyclic) bond motifs is 1. The van der Waals surface area contributed by atoms with Crippen LogP contribution in [0.15, 0.2) is 59.5 Å². The van der Waals surface area contributed by atoms with E-state index < -0.39 is 21.8 Å². The number of nitrogens with two attached hydrogens (primary N) is 1. The SMILES string of the molecule is CN(CC1CCCO1)S(=O)(=O)c1ccc(C(=O)Nc2sc3c(c2C(N)=O)CCN(Cc2ccccc2)C3)cc1.Cl. The topological polar surface area (TPSA) is 122 Å². The molecule has 2 aromatic carbocycles. The van der Waals surface area contributed by atoms with Crippen molar-refractivity contribution in [2.24, 2.45) is 5.73 Å². The number of ether oxygens (including phenoxy) is 1. The van der Waals surface area contributed by atoms with Gasteiger partial charge in [-0.15, -0.1) is 23.7 Å². The zero-order valence-corrected chi connectivity index (χ0v) is 24.6. The van der Waals surface area contributed by atoms with E-state index in [1.54, 1.807) is 0 Å². The van der Waals surface area contributed by atoms with Gasteiger partial charge in [0, 0.05) is 50.3 Å². The summed E-state index contributed by atoms with van der Waals surface area (Å²) in [7, 11) is -2.19. The lowest BCUT2D eigenvalue weighted by Crippen LogP contribution is -2.34. The average Bonchev–Trinajstić information content (AvgIpc) is 3.56. The Morgan fingerprint density at radius 3 is 2.52 bits per heavy atom. The Morgan fingerprint density at radius 2 is 1.88 bits per heavy atom. The van der Waals surface area contributed by atoms with Crippen molar-refractivity contribution < 1.29 is 22.7 Å². The summed E-state index contributed by atoms with van der Waals surface area (Å²) in [6.45, 7) is 3.18. The van der Waals surface area contributed by atoms with Crippen molar-refractivity contribution in [1.29, 1.82) is 0 Å². The second-order valence-corrected chi connectivity index (χ2v) is 13.1. The van der Waals surface area contributed by atoms with Gasteiger partial charge in [0.2, 0.25) is 10.0 Å². The van der Waals surface area contributed by atoms with Crippen LogP contribution in [0.5, 0.6) is 0 Å². The zero-order chi connectivity index (χ0) is 27.6. The lowest BCUT2D eigenvalue weighted by atomic mass is 10.0. The van der Waals surface area contributed by atoms with Gasteiger partial charge in [-0.1, -0.05) is 30.3 Å². The number of primary amides is 1. The van der Waals surface area contributed by atoms with E-state index in [0.29, 0.717) is 30.1 Å². The maximum atomic E-state index is 13.1. The Balaban J connectivity index is 0.00000370. The van der Waals surface area contributed by atoms with Crippen molar-refractivity contribution in [2.45, 2.75) is 43.4 Å². The van der Waals surface area contributed by atoms with E-state index in [0.717, 1.165) is 36.4 Å². The monoisotopic (exact) mass is 604 g/mol. The molecule has 0 aliphatic carbocycles. The summed E-state index contributed by atoms with van der Waals surface area (Å²) in [5, 5.41) is 3.27. The van der Waals surface area contributed by atoms with Gasteiger partial charge >= 0.3 is 0 Å². The molecule has 214 valence electrons. The van der Waals surface area contributed by atoms with Crippen LogP contribution >= 0.6 is 23.7 Å². The number of hydrogen-bond acceptors (Lipinski definition) is 7. The molecule has 1 fully saturated rings. The van der Waals surface area contributed by atoms with Gasteiger partial charge in [-0.2, -0.15) is 4.31 Å². The highest BCUT2D eigenvalue weighted by molar-refractivity contribution is 7.89. The molecule has 3 N–H and O–H groups in total. The summed E-state index contributed by atoms with van der Waals surface area (Å²) in [5.74, 6) is -1.01. The Labute approximate surface area is 244 Å². The average molecular weight is 605 g/mol. The molecule has 5 rings (SSSR count). The maximum absolute atomic E-state index is 13.1. The number of amides is 2. The number of sulfonamides is 1. The van der Waals surface area contributed by atoms with Crippen molar-refractivity contribution in [2.75, 3.05) is 32.1 Å². The summed E-state index contributed by atoms with van der Waals surface area (Å²) in [6.07, 6.45) is 2.33. The standard InChI is InChI=1S/C28H32N4O5S2.ClH/c1-31(17-21-8-5-15-37-21)39(35,36)22-11-9-20(10-12-22)27(34)30-28-25(26(29)33)23-13-14-32(18-24(23)38-28)16-19-6-3-2-4-7-19;/h2-4,6-7,9-12,21H,5,8,13-18H2,1H3,(H2,29,33)(H,30,34);1H. The maximum Gasteiger partial charge on any atom is 0.256 e. The molecule has 0 radical (unpaired) electrons. The zero-order valence-electron chi connectivity index (χ0n) is 22.2. The number of rotatable bonds is 9. The molecule has 2 aliphatic heterocycles. The summed E-state index contributed by atoms with van der Waals surface area (Å²) in [4.78, 5) is 28.9. The van der Waals surface area contributed by atoms with E-state index in [2.05, 4.69) is 22.3 Å². The molecule has 1 saturated heterocycles. The van der Waals surface area contributed by atoms with Crippen molar-refractivity contribution in [3.05, 3.63) is 81.7 Å². The fraction of sp³-hybridized carbons (Fsp3) is 0.357. The van der Waals surface area contributed by atoms with Crippen LogP contribution in [0.3, 0.4) is 0 Å². The van der Waals surface area contributed by atoms with Gasteiger partial charge in [0.1, 0.15) is 5.00 Å². The minimum absolute atomic E-state index is 0. The van der Waals surface area contributed by atoms with E-state index in [4.69, 9.17) is 10.5 Å². The molecule has 0 spiro atoms. The number of nitrogens with zero attached hydrogens (tertiary/aromatic N) is 2. The molecule has 0 saturated carbocycles. The molecule has 1 aromatic heterocycles. The third kappa shape index (κ3) is 6.56. The Kier molecular flexibility index (Phi) is 9.65. The molecule has 3 aromatic rings. The van der Waals surface area contributed by atoms with Crippen LogP contribution in [0.2, 0.25) is 0 Å². The van der Waals surface area contributed by atoms with Crippen LogP contribution in [0.1, 0.15) is 49.6 Å². The molecular weight excluding hydrogens is 572 g/mol. The predicted molar refractivity (Wildman–Crippen MR) is 158 cm³/mol. The highest BCUT2D eigenvalue weighted by atomic mass is 35.5. The van der Waals surface area contributed by atoms with Gasteiger partial charge in [-0.3, -0.25) is 14.5 Å². The Morgan fingerprint density at radius 1 is 1.15 bits per heavy atom.